The van der Waals surface area contributed by atoms with Crippen LogP contribution in [0.2, 0.25) is 0 Å². The summed E-state index contributed by atoms with van der Waals surface area (Å²) >= 11 is 0. The maximum Gasteiger partial charge on any atom is 0.242 e. The lowest BCUT2D eigenvalue weighted by atomic mass is 10.3. The fourth-order valence-electron chi connectivity index (χ4n) is 2.15. The molecule has 0 bridgehead atoms. The number of ether oxygens (including phenoxy) is 1. The number of sulfonamides is 1. The first-order valence-corrected chi connectivity index (χ1v) is 8.18. The average molecular weight is 299 g/mol. The van der Waals surface area contributed by atoms with E-state index in [1.807, 2.05) is 0 Å². The Balaban J connectivity index is 1.93. The fourth-order valence-corrected chi connectivity index (χ4v) is 3.38. The van der Waals surface area contributed by atoms with Gasteiger partial charge in [-0.05, 0) is 12.1 Å². The lowest BCUT2D eigenvalue weighted by molar-refractivity contribution is 0.0390. The Morgan fingerprint density at radius 1 is 1.25 bits per heavy atom. The quantitative estimate of drug-likeness (QED) is 0.792. The minimum atomic E-state index is -3.47. The molecule has 0 aliphatic carbocycles. The summed E-state index contributed by atoms with van der Waals surface area (Å²) in [4.78, 5) is 2.47. The SMILES string of the molecule is CNc1ccccc1S(=O)(=O)NCCN1CCOCC1. The second kappa shape index (κ2) is 7.03. The van der Waals surface area contributed by atoms with Gasteiger partial charge in [-0.2, -0.15) is 0 Å². The largest absolute Gasteiger partial charge is 0.387 e. The molecule has 1 aliphatic rings. The molecule has 1 fully saturated rings. The highest BCUT2D eigenvalue weighted by Gasteiger charge is 2.18. The number of hydrogen-bond acceptors (Lipinski definition) is 5. The van der Waals surface area contributed by atoms with Crippen molar-refractivity contribution in [1.29, 1.82) is 0 Å². The van der Waals surface area contributed by atoms with E-state index in [2.05, 4.69) is 14.9 Å². The second-order valence-electron chi connectivity index (χ2n) is 4.60. The number of hydrogen-bond donors (Lipinski definition) is 2. The van der Waals surface area contributed by atoms with Crippen LogP contribution in [0.3, 0.4) is 0 Å². The summed E-state index contributed by atoms with van der Waals surface area (Å²) in [6, 6.07) is 6.87. The van der Waals surface area contributed by atoms with Crippen molar-refractivity contribution in [2.24, 2.45) is 0 Å². The van der Waals surface area contributed by atoms with Crippen molar-refractivity contribution in [3.8, 4) is 0 Å². The molecule has 0 atom stereocenters. The van der Waals surface area contributed by atoms with E-state index < -0.39 is 10.0 Å². The van der Waals surface area contributed by atoms with Crippen LogP contribution in [0.4, 0.5) is 5.69 Å². The monoisotopic (exact) mass is 299 g/mol. The van der Waals surface area contributed by atoms with E-state index in [0.717, 1.165) is 26.3 Å². The van der Waals surface area contributed by atoms with Crippen LogP contribution < -0.4 is 10.0 Å². The molecule has 1 saturated heterocycles. The number of nitrogens with zero attached hydrogens (tertiary/aromatic N) is 1. The van der Waals surface area contributed by atoms with E-state index in [0.29, 0.717) is 18.8 Å². The van der Waals surface area contributed by atoms with Crippen LogP contribution in [0.1, 0.15) is 0 Å². The molecule has 20 heavy (non-hydrogen) atoms. The third kappa shape index (κ3) is 3.92. The minimum absolute atomic E-state index is 0.282. The van der Waals surface area contributed by atoms with Gasteiger partial charge < -0.3 is 10.1 Å². The van der Waals surface area contributed by atoms with Gasteiger partial charge >= 0.3 is 0 Å². The van der Waals surface area contributed by atoms with Gasteiger partial charge in [0.15, 0.2) is 0 Å². The summed E-state index contributed by atoms with van der Waals surface area (Å²) in [5, 5.41) is 2.90. The molecule has 1 heterocycles. The maximum absolute atomic E-state index is 12.3. The maximum atomic E-state index is 12.3. The van der Waals surface area contributed by atoms with E-state index in [9.17, 15) is 8.42 Å². The summed E-state index contributed by atoms with van der Waals surface area (Å²) < 4.78 is 32.4. The van der Waals surface area contributed by atoms with Crippen LogP contribution in [-0.2, 0) is 14.8 Å². The molecule has 0 saturated carbocycles. The number of benzene rings is 1. The Hall–Kier alpha value is -1.15. The summed E-state index contributed by atoms with van der Waals surface area (Å²) in [6.07, 6.45) is 0. The summed E-state index contributed by atoms with van der Waals surface area (Å²) in [5.41, 5.74) is 0.603. The van der Waals surface area contributed by atoms with Crippen molar-refractivity contribution in [1.82, 2.24) is 9.62 Å². The molecule has 7 heteroatoms. The number of rotatable bonds is 6. The zero-order valence-electron chi connectivity index (χ0n) is 11.6. The summed E-state index contributed by atoms with van der Waals surface area (Å²) in [6.45, 7) is 4.25. The third-order valence-electron chi connectivity index (χ3n) is 3.27. The highest BCUT2D eigenvalue weighted by Crippen LogP contribution is 2.19. The Labute approximate surface area is 120 Å². The first-order valence-electron chi connectivity index (χ1n) is 6.70. The van der Waals surface area contributed by atoms with Crippen molar-refractivity contribution >= 4 is 15.7 Å². The Bertz CT molecular complexity index is 527. The lowest BCUT2D eigenvalue weighted by Gasteiger charge is -2.26. The van der Waals surface area contributed by atoms with Gasteiger partial charge in [0.05, 0.1) is 18.9 Å². The number of para-hydroxylation sites is 1. The van der Waals surface area contributed by atoms with E-state index in [4.69, 9.17) is 4.74 Å². The normalized spacial score (nSPS) is 17.1. The van der Waals surface area contributed by atoms with Crippen molar-refractivity contribution in [3.05, 3.63) is 24.3 Å². The number of nitrogens with one attached hydrogen (secondary N) is 2. The highest BCUT2D eigenvalue weighted by atomic mass is 32.2. The number of morpholine rings is 1. The van der Waals surface area contributed by atoms with Crippen LogP contribution in [0.15, 0.2) is 29.2 Å². The van der Waals surface area contributed by atoms with E-state index in [1.54, 1.807) is 31.3 Å². The Morgan fingerprint density at radius 2 is 1.95 bits per heavy atom. The topological polar surface area (TPSA) is 70.7 Å². The zero-order valence-corrected chi connectivity index (χ0v) is 12.4. The molecular weight excluding hydrogens is 278 g/mol. The molecule has 1 aromatic carbocycles. The molecule has 0 amide bonds. The van der Waals surface area contributed by atoms with Gasteiger partial charge in [-0.15, -0.1) is 0 Å². The highest BCUT2D eigenvalue weighted by molar-refractivity contribution is 7.89. The van der Waals surface area contributed by atoms with Crippen LogP contribution in [0, 0.1) is 0 Å². The van der Waals surface area contributed by atoms with E-state index in [-0.39, 0.29) is 4.90 Å². The van der Waals surface area contributed by atoms with Crippen molar-refractivity contribution in [2.45, 2.75) is 4.90 Å². The van der Waals surface area contributed by atoms with Crippen LogP contribution in [0.25, 0.3) is 0 Å². The van der Waals surface area contributed by atoms with E-state index >= 15 is 0 Å². The molecule has 6 nitrogen and oxygen atoms in total. The molecule has 2 rings (SSSR count). The Kier molecular flexibility index (Phi) is 5.36. The standard InChI is InChI=1S/C13H21N3O3S/c1-14-12-4-2-3-5-13(12)20(17,18)15-6-7-16-8-10-19-11-9-16/h2-5,14-15H,6-11H2,1H3. The number of anilines is 1. The van der Waals surface area contributed by atoms with Gasteiger partial charge in [0.1, 0.15) is 4.90 Å². The summed E-state index contributed by atoms with van der Waals surface area (Å²) in [7, 11) is -1.76. The van der Waals surface area contributed by atoms with Gasteiger partial charge in [-0.1, -0.05) is 12.1 Å². The van der Waals surface area contributed by atoms with Gasteiger partial charge in [0.2, 0.25) is 10.0 Å². The second-order valence-corrected chi connectivity index (χ2v) is 6.33. The summed E-state index contributed by atoms with van der Waals surface area (Å²) in [5.74, 6) is 0. The van der Waals surface area contributed by atoms with Crippen LogP contribution >= 0.6 is 0 Å². The first-order chi connectivity index (χ1) is 9.63. The molecule has 0 aromatic heterocycles. The first kappa shape index (κ1) is 15.2. The third-order valence-corrected chi connectivity index (χ3v) is 4.79. The van der Waals surface area contributed by atoms with Crippen molar-refractivity contribution in [3.63, 3.8) is 0 Å². The molecule has 112 valence electrons. The van der Waals surface area contributed by atoms with Gasteiger partial charge in [-0.25, -0.2) is 13.1 Å². The van der Waals surface area contributed by atoms with Crippen molar-refractivity contribution < 1.29 is 13.2 Å². The Morgan fingerprint density at radius 3 is 2.65 bits per heavy atom. The molecule has 0 radical (unpaired) electrons. The smallest absolute Gasteiger partial charge is 0.242 e. The molecule has 1 aliphatic heterocycles. The van der Waals surface area contributed by atoms with Crippen LogP contribution in [0.5, 0.6) is 0 Å². The molecule has 2 N–H and O–H groups in total. The zero-order chi connectivity index (χ0) is 14.4. The average Bonchev–Trinajstić information content (AvgIpc) is 2.48. The lowest BCUT2D eigenvalue weighted by Crippen LogP contribution is -2.41. The van der Waals surface area contributed by atoms with Crippen LogP contribution in [-0.4, -0.2) is 59.8 Å². The molecule has 0 spiro atoms. The van der Waals surface area contributed by atoms with Gasteiger partial charge in [-0.3, -0.25) is 4.90 Å². The van der Waals surface area contributed by atoms with Gasteiger partial charge in [0, 0.05) is 33.2 Å². The molecule has 1 aromatic rings. The van der Waals surface area contributed by atoms with Crippen molar-refractivity contribution in [2.75, 3.05) is 51.8 Å². The molecule has 0 unspecified atom stereocenters. The molecular formula is C13H21N3O3S. The fraction of sp³-hybridized carbons (Fsp3) is 0.538. The minimum Gasteiger partial charge on any atom is -0.387 e. The predicted octanol–water partition coefficient (Wildman–Crippen LogP) is 0.339. The van der Waals surface area contributed by atoms with Gasteiger partial charge in [0.25, 0.3) is 0 Å². The predicted molar refractivity (Wildman–Crippen MR) is 78.4 cm³/mol. The van der Waals surface area contributed by atoms with E-state index in [1.165, 1.54) is 0 Å².